The molecule has 0 amide bonds. The molecule has 0 atom stereocenters. The molecule has 1 heterocycles. The van der Waals surface area contributed by atoms with Gasteiger partial charge in [0.2, 0.25) is 10.0 Å². The first-order chi connectivity index (χ1) is 9.40. The molecule has 0 saturated carbocycles. The summed E-state index contributed by atoms with van der Waals surface area (Å²) in [6.07, 6.45) is 2.10. The molecule has 0 bridgehead atoms. The van der Waals surface area contributed by atoms with Crippen molar-refractivity contribution in [1.29, 1.82) is 0 Å². The van der Waals surface area contributed by atoms with Gasteiger partial charge in [-0.25, -0.2) is 17.5 Å². The Labute approximate surface area is 124 Å². The van der Waals surface area contributed by atoms with E-state index in [0.717, 1.165) is 24.3 Å². The van der Waals surface area contributed by atoms with Gasteiger partial charge in [-0.05, 0) is 67.4 Å². The van der Waals surface area contributed by atoms with Gasteiger partial charge in [-0.3, -0.25) is 0 Å². The zero-order chi connectivity index (χ0) is 14.8. The van der Waals surface area contributed by atoms with Crippen LogP contribution < -0.4 is 4.72 Å². The van der Waals surface area contributed by atoms with E-state index in [1.54, 1.807) is 13.8 Å². The summed E-state index contributed by atoms with van der Waals surface area (Å²) in [6, 6.07) is 2.53. The highest BCUT2D eigenvalue weighted by Crippen LogP contribution is 2.24. The third-order valence-electron chi connectivity index (χ3n) is 3.60. The molecular weight excluding hydrogens is 297 g/mol. The van der Waals surface area contributed by atoms with Crippen molar-refractivity contribution in [3.05, 3.63) is 29.1 Å². The van der Waals surface area contributed by atoms with Crippen molar-refractivity contribution in [2.45, 2.75) is 31.6 Å². The minimum Gasteiger partial charge on any atom is -0.211 e. The summed E-state index contributed by atoms with van der Waals surface area (Å²) in [5.74, 6) is 2.21. The monoisotopic (exact) mass is 317 g/mol. The lowest BCUT2D eigenvalue weighted by Gasteiger charge is -2.22. The molecule has 1 saturated heterocycles. The predicted octanol–water partition coefficient (Wildman–Crippen LogP) is 2.86. The normalized spacial score (nSPS) is 17.4. The zero-order valence-electron chi connectivity index (χ0n) is 11.8. The lowest BCUT2D eigenvalue weighted by Crippen LogP contribution is -2.32. The van der Waals surface area contributed by atoms with Crippen LogP contribution >= 0.6 is 11.8 Å². The van der Waals surface area contributed by atoms with Gasteiger partial charge in [-0.1, -0.05) is 0 Å². The summed E-state index contributed by atoms with van der Waals surface area (Å²) >= 11 is 1.92. The molecule has 112 valence electrons. The predicted molar refractivity (Wildman–Crippen MR) is 81.1 cm³/mol. The topological polar surface area (TPSA) is 46.2 Å². The summed E-state index contributed by atoms with van der Waals surface area (Å²) in [7, 11) is -3.56. The summed E-state index contributed by atoms with van der Waals surface area (Å²) in [4.78, 5) is 0.212. The van der Waals surface area contributed by atoms with E-state index >= 15 is 0 Å². The third kappa shape index (κ3) is 3.74. The van der Waals surface area contributed by atoms with Crippen LogP contribution in [0.2, 0.25) is 0 Å². The number of sulfonamides is 1. The van der Waals surface area contributed by atoms with E-state index in [-0.39, 0.29) is 4.90 Å². The van der Waals surface area contributed by atoms with Crippen LogP contribution in [-0.2, 0) is 10.0 Å². The fourth-order valence-electron chi connectivity index (χ4n) is 2.57. The molecule has 20 heavy (non-hydrogen) atoms. The first-order valence-corrected chi connectivity index (χ1v) is 9.38. The Morgan fingerprint density at radius 1 is 1.25 bits per heavy atom. The Kier molecular flexibility index (Phi) is 5.09. The Morgan fingerprint density at radius 2 is 1.80 bits per heavy atom. The standard InChI is InChI=1S/C14H20FNO2S2/c1-10-7-13(15)8-11(2)14(10)20(17,18)16-9-12-3-5-19-6-4-12/h7-8,12,16H,3-6,9H2,1-2H3. The highest BCUT2D eigenvalue weighted by molar-refractivity contribution is 7.99. The molecule has 1 aromatic rings. The van der Waals surface area contributed by atoms with Crippen molar-refractivity contribution in [3.63, 3.8) is 0 Å². The summed E-state index contributed by atoms with van der Waals surface area (Å²) in [6.45, 7) is 3.73. The third-order valence-corrected chi connectivity index (χ3v) is 6.37. The maximum atomic E-state index is 13.3. The van der Waals surface area contributed by atoms with Crippen LogP contribution in [0.15, 0.2) is 17.0 Å². The molecule has 1 aromatic carbocycles. The van der Waals surface area contributed by atoms with Crippen LogP contribution in [0.5, 0.6) is 0 Å². The molecule has 6 heteroatoms. The van der Waals surface area contributed by atoms with E-state index in [2.05, 4.69) is 4.72 Å². The van der Waals surface area contributed by atoms with Crippen molar-refractivity contribution in [2.24, 2.45) is 5.92 Å². The van der Waals surface area contributed by atoms with Crippen molar-refractivity contribution in [2.75, 3.05) is 18.1 Å². The lowest BCUT2D eigenvalue weighted by molar-refractivity contribution is 0.476. The van der Waals surface area contributed by atoms with Gasteiger partial charge in [0.15, 0.2) is 0 Å². The van der Waals surface area contributed by atoms with Gasteiger partial charge in [0, 0.05) is 6.54 Å². The van der Waals surface area contributed by atoms with Crippen LogP contribution in [-0.4, -0.2) is 26.5 Å². The first-order valence-electron chi connectivity index (χ1n) is 6.74. The number of thioether (sulfide) groups is 1. The van der Waals surface area contributed by atoms with Gasteiger partial charge in [-0.2, -0.15) is 11.8 Å². The Balaban J connectivity index is 2.14. The fourth-order valence-corrected chi connectivity index (χ4v) is 5.34. The molecule has 3 nitrogen and oxygen atoms in total. The van der Waals surface area contributed by atoms with Crippen molar-refractivity contribution >= 4 is 21.8 Å². The molecule has 0 radical (unpaired) electrons. The molecule has 0 aliphatic carbocycles. The minimum atomic E-state index is -3.56. The van der Waals surface area contributed by atoms with Gasteiger partial charge in [0.05, 0.1) is 4.90 Å². The Morgan fingerprint density at radius 3 is 2.35 bits per heavy atom. The Hall–Kier alpha value is -0.590. The maximum Gasteiger partial charge on any atom is 0.241 e. The van der Waals surface area contributed by atoms with Crippen molar-refractivity contribution in [1.82, 2.24) is 4.72 Å². The molecule has 1 aliphatic heterocycles. The second-order valence-electron chi connectivity index (χ2n) is 5.28. The molecule has 1 N–H and O–H groups in total. The number of nitrogens with one attached hydrogen (secondary N) is 1. The molecule has 0 spiro atoms. The van der Waals surface area contributed by atoms with E-state index in [1.165, 1.54) is 12.1 Å². The van der Waals surface area contributed by atoms with Crippen LogP contribution in [0.25, 0.3) is 0 Å². The number of benzene rings is 1. The highest BCUT2D eigenvalue weighted by atomic mass is 32.2. The first kappa shape index (κ1) is 15.8. The molecule has 1 aliphatic rings. The molecular formula is C14H20FNO2S2. The van der Waals surface area contributed by atoms with E-state index in [0.29, 0.717) is 23.6 Å². The molecule has 2 rings (SSSR count). The summed E-state index contributed by atoms with van der Waals surface area (Å²) in [5.41, 5.74) is 0.906. The van der Waals surface area contributed by atoms with Crippen LogP contribution in [0.4, 0.5) is 4.39 Å². The van der Waals surface area contributed by atoms with E-state index in [1.807, 2.05) is 11.8 Å². The maximum absolute atomic E-state index is 13.3. The number of hydrogen-bond donors (Lipinski definition) is 1. The van der Waals surface area contributed by atoms with Crippen LogP contribution in [0.3, 0.4) is 0 Å². The number of hydrogen-bond acceptors (Lipinski definition) is 3. The van der Waals surface area contributed by atoms with Crippen molar-refractivity contribution in [3.8, 4) is 0 Å². The fraction of sp³-hybridized carbons (Fsp3) is 0.571. The van der Waals surface area contributed by atoms with Crippen LogP contribution in [0, 0.1) is 25.6 Å². The van der Waals surface area contributed by atoms with E-state index in [4.69, 9.17) is 0 Å². The van der Waals surface area contributed by atoms with E-state index in [9.17, 15) is 12.8 Å². The SMILES string of the molecule is Cc1cc(F)cc(C)c1S(=O)(=O)NCC1CCSCC1. The lowest BCUT2D eigenvalue weighted by atomic mass is 10.0. The second-order valence-corrected chi connectivity index (χ2v) is 8.20. The van der Waals surface area contributed by atoms with E-state index < -0.39 is 15.8 Å². The van der Waals surface area contributed by atoms with Gasteiger partial charge >= 0.3 is 0 Å². The average molecular weight is 317 g/mol. The number of rotatable bonds is 4. The molecule has 0 unspecified atom stereocenters. The van der Waals surface area contributed by atoms with Crippen molar-refractivity contribution < 1.29 is 12.8 Å². The molecule has 1 fully saturated rings. The van der Waals surface area contributed by atoms with Gasteiger partial charge in [0.25, 0.3) is 0 Å². The average Bonchev–Trinajstić information content (AvgIpc) is 2.36. The van der Waals surface area contributed by atoms with Gasteiger partial charge in [-0.15, -0.1) is 0 Å². The quantitative estimate of drug-likeness (QED) is 0.929. The number of aryl methyl sites for hydroxylation is 2. The van der Waals surface area contributed by atoms with Crippen LogP contribution in [0.1, 0.15) is 24.0 Å². The Bertz CT molecular complexity index is 558. The van der Waals surface area contributed by atoms with Gasteiger partial charge < -0.3 is 0 Å². The zero-order valence-corrected chi connectivity index (χ0v) is 13.4. The van der Waals surface area contributed by atoms with Gasteiger partial charge in [0.1, 0.15) is 5.82 Å². The smallest absolute Gasteiger partial charge is 0.211 e. The second kappa shape index (κ2) is 6.45. The number of halogens is 1. The highest BCUT2D eigenvalue weighted by Gasteiger charge is 2.22. The minimum absolute atomic E-state index is 0.212. The largest absolute Gasteiger partial charge is 0.241 e. The summed E-state index contributed by atoms with van der Waals surface area (Å²) < 4.78 is 40.7. The molecule has 0 aromatic heterocycles. The summed E-state index contributed by atoms with van der Waals surface area (Å²) in [5, 5.41) is 0.